The predicted molar refractivity (Wildman–Crippen MR) is 94.0 cm³/mol. The molecule has 0 radical (unpaired) electrons. The number of carbonyl (C=O) groups is 1. The van der Waals surface area contributed by atoms with Gasteiger partial charge in [-0.25, -0.2) is 0 Å². The Bertz CT molecular complexity index is 703. The number of carbonyl (C=O) groups excluding carboxylic acids is 1. The molecule has 128 valence electrons. The molecule has 0 saturated carbocycles. The Hall–Kier alpha value is -2.55. The molecule has 8 nitrogen and oxygen atoms in total. The number of amides is 1. The van der Waals surface area contributed by atoms with E-state index in [0.29, 0.717) is 24.5 Å². The van der Waals surface area contributed by atoms with Crippen LogP contribution >= 0.6 is 12.2 Å². The molecule has 9 heteroatoms. The fraction of sp³-hybridized carbons (Fsp3) is 0.400. The molecule has 1 aromatic heterocycles. The van der Waals surface area contributed by atoms with Crippen molar-refractivity contribution in [3.63, 3.8) is 0 Å². The van der Waals surface area contributed by atoms with Gasteiger partial charge in [0.05, 0.1) is 13.2 Å². The molecule has 0 aliphatic rings. The average molecular weight is 348 g/mol. The Balaban J connectivity index is 1.91. The van der Waals surface area contributed by atoms with Crippen LogP contribution in [0, 0.1) is 0 Å². The number of rotatable bonds is 7. The second kappa shape index (κ2) is 8.92. The van der Waals surface area contributed by atoms with E-state index in [1.54, 1.807) is 18.2 Å². The fourth-order valence-electron chi connectivity index (χ4n) is 1.80. The quantitative estimate of drug-likeness (QED) is 0.584. The summed E-state index contributed by atoms with van der Waals surface area (Å²) in [7, 11) is 0. The predicted octanol–water partition coefficient (Wildman–Crippen LogP) is 2.00. The minimum atomic E-state index is -0.337. The minimum absolute atomic E-state index is 0.105. The number of aromatic nitrogens is 4. The van der Waals surface area contributed by atoms with Crippen LogP contribution in [0.4, 0.5) is 5.95 Å². The Morgan fingerprint density at radius 2 is 2.21 bits per heavy atom. The topological polar surface area (TPSA) is 94.0 Å². The van der Waals surface area contributed by atoms with Crippen LogP contribution < -0.4 is 15.4 Å². The van der Waals surface area contributed by atoms with Crippen LogP contribution in [0.3, 0.4) is 0 Å². The van der Waals surface area contributed by atoms with E-state index in [2.05, 4.69) is 33.0 Å². The normalized spacial score (nSPS) is 10.2. The summed E-state index contributed by atoms with van der Waals surface area (Å²) < 4.78 is 5.59. The molecule has 1 heterocycles. The molecule has 2 rings (SSSR count). The smallest absolute Gasteiger partial charge is 0.269 e. The van der Waals surface area contributed by atoms with Crippen molar-refractivity contribution in [3.8, 4) is 5.75 Å². The van der Waals surface area contributed by atoms with Crippen molar-refractivity contribution in [3.05, 3.63) is 29.8 Å². The van der Waals surface area contributed by atoms with Crippen LogP contribution in [-0.4, -0.2) is 37.8 Å². The van der Waals surface area contributed by atoms with Crippen molar-refractivity contribution in [2.24, 2.45) is 0 Å². The number of hydrogen-bond donors (Lipinski definition) is 2. The molecule has 0 spiro atoms. The van der Waals surface area contributed by atoms with Gasteiger partial charge in [-0.05, 0) is 49.0 Å². The maximum absolute atomic E-state index is 12.2. The lowest BCUT2D eigenvalue weighted by atomic mass is 10.2. The summed E-state index contributed by atoms with van der Waals surface area (Å²) in [5.74, 6) is 0.553. The number of hydrogen-bond acceptors (Lipinski definition) is 6. The highest BCUT2D eigenvalue weighted by molar-refractivity contribution is 7.80. The number of aryl methyl sites for hydroxylation is 1. The summed E-state index contributed by atoms with van der Waals surface area (Å²) >= 11 is 5.08. The second-order valence-corrected chi connectivity index (χ2v) is 5.35. The van der Waals surface area contributed by atoms with Gasteiger partial charge in [0.15, 0.2) is 5.11 Å². The third-order valence-corrected chi connectivity index (χ3v) is 3.26. The summed E-state index contributed by atoms with van der Waals surface area (Å²) in [6.07, 6.45) is 2.02. The van der Waals surface area contributed by atoms with Crippen LogP contribution in [0.2, 0.25) is 0 Å². The summed E-state index contributed by atoms with van der Waals surface area (Å²) in [5, 5.41) is 17.0. The highest BCUT2D eigenvalue weighted by Crippen LogP contribution is 2.13. The lowest BCUT2D eigenvalue weighted by Crippen LogP contribution is -2.34. The average Bonchev–Trinajstić information content (AvgIpc) is 3.02. The van der Waals surface area contributed by atoms with Gasteiger partial charge in [0.2, 0.25) is 0 Å². The van der Waals surface area contributed by atoms with Crippen molar-refractivity contribution >= 4 is 29.2 Å². The molecule has 2 aromatic rings. The molecule has 1 amide bonds. The number of anilines is 1. The highest BCUT2D eigenvalue weighted by Gasteiger charge is 2.11. The van der Waals surface area contributed by atoms with Gasteiger partial charge in [-0.1, -0.05) is 24.5 Å². The van der Waals surface area contributed by atoms with E-state index in [1.165, 1.54) is 4.80 Å². The van der Waals surface area contributed by atoms with E-state index < -0.39 is 0 Å². The summed E-state index contributed by atoms with van der Waals surface area (Å²) in [6.45, 7) is 5.20. The first-order valence-corrected chi connectivity index (χ1v) is 8.16. The summed E-state index contributed by atoms with van der Waals surface area (Å²) in [5.41, 5.74) is 0.457. The van der Waals surface area contributed by atoms with Crippen LogP contribution in [-0.2, 0) is 6.54 Å². The minimum Gasteiger partial charge on any atom is -0.494 e. The lowest BCUT2D eigenvalue weighted by molar-refractivity contribution is 0.0977. The van der Waals surface area contributed by atoms with Crippen LogP contribution in [0.25, 0.3) is 0 Å². The first-order valence-electron chi connectivity index (χ1n) is 7.75. The van der Waals surface area contributed by atoms with Crippen LogP contribution in [0.5, 0.6) is 5.75 Å². The van der Waals surface area contributed by atoms with Gasteiger partial charge in [0, 0.05) is 5.56 Å². The van der Waals surface area contributed by atoms with Crippen molar-refractivity contribution in [1.29, 1.82) is 0 Å². The zero-order valence-electron chi connectivity index (χ0n) is 13.7. The molecule has 0 aliphatic heterocycles. The Morgan fingerprint density at radius 1 is 1.38 bits per heavy atom. The van der Waals surface area contributed by atoms with Crippen molar-refractivity contribution in [2.75, 3.05) is 11.9 Å². The second-order valence-electron chi connectivity index (χ2n) is 4.94. The largest absolute Gasteiger partial charge is 0.494 e. The van der Waals surface area contributed by atoms with E-state index in [9.17, 15) is 4.79 Å². The van der Waals surface area contributed by atoms with Gasteiger partial charge in [0.1, 0.15) is 5.75 Å². The zero-order chi connectivity index (χ0) is 17.4. The van der Waals surface area contributed by atoms with E-state index in [1.807, 2.05) is 13.0 Å². The molecule has 0 unspecified atom stereocenters. The van der Waals surface area contributed by atoms with E-state index in [0.717, 1.165) is 12.8 Å². The Morgan fingerprint density at radius 3 is 2.92 bits per heavy atom. The van der Waals surface area contributed by atoms with Crippen molar-refractivity contribution in [1.82, 2.24) is 25.5 Å². The third-order valence-electron chi connectivity index (χ3n) is 3.05. The number of benzene rings is 1. The fourth-order valence-corrected chi connectivity index (χ4v) is 1.98. The van der Waals surface area contributed by atoms with Crippen molar-refractivity contribution in [2.45, 2.75) is 33.2 Å². The lowest BCUT2D eigenvalue weighted by Gasteiger charge is -2.09. The molecule has 0 fully saturated rings. The van der Waals surface area contributed by atoms with E-state index in [-0.39, 0.29) is 17.0 Å². The van der Waals surface area contributed by atoms with Crippen LogP contribution in [0.1, 0.15) is 37.0 Å². The molecule has 0 atom stereocenters. The first-order chi connectivity index (χ1) is 11.6. The number of unbranched alkanes of at least 4 members (excludes halogenated alkanes) is 1. The molecular formula is C15H20N6O2S. The van der Waals surface area contributed by atoms with Gasteiger partial charge < -0.3 is 4.74 Å². The number of ether oxygens (including phenoxy) is 1. The maximum Gasteiger partial charge on any atom is 0.269 e. The van der Waals surface area contributed by atoms with Crippen molar-refractivity contribution < 1.29 is 9.53 Å². The van der Waals surface area contributed by atoms with Gasteiger partial charge in [0.25, 0.3) is 11.9 Å². The van der Waals surface area contributed by atoms with Crippen LogP contribution in [0.15, 0.2) is 24.3 Å². The standard InChI is InChI=1S/C15H20N6O2S/c1-3-5-9-23-12-8-6-7-11(10-12)13(22)16-15(24)17-14-18-20-21(4-2)19-14/h6-8,10H,3-5,9H2,1-2H3,(H2,16,17,19,22,24). The molecule has 2 N–H and O–H groups in total. The van der Waals surface area contributed by atoms with Gasteiger partial charge in [-0.15, -0.1) is 5.10 Å². The first kappa shape index (κ1) is 17.8. The van der Waals surface area contributed by atoms with Gasteiger partial charge >= 0.3 is 0 Å². The number of nitrogens with one attached hydrogen (secondary N) is 2. The molecule has 0 bridgehead atoms. The van der Waals surface area contributed by atoms with E-state index >= 15 is 0 Å². The summed E-state index contributed by atoms with van der Waals surface area (Å²) in [6, 6.07) is 6.95. The Kier molecular flexibility index (Phi) is 6.62. The summed E-state index contributed by atoms with van der Waals surface area (Å²) in [4.78, 5) is 13.6. The molecule has 24 heavy (non-hydrogen) atoms. The van der Waals surface area contributed by atoms with Gasteiger partial charge in [-0.2, -0.15) is 4.80 Å². The molecule has 1 aromatic carbocycles. The Labute approximate surface area is 145 Å². The zero-order valence-corrected chi connectivity index (χ0v) is 14.5. The SMILES string of the molecule is CCCCOc1cccc(C(=O)NC(=S)Nc2nnn(CC)n2)c1. The number of thiocarbonyl (C=S) groups is 1. The number of tetrazole rings is 1. The van der Waals surface area contributed by atoms with Gasteiger partial charge in [-0.3, -0.25) is 15.4 Å². The molecular weight excluding hydrogens is 328 g/mol. The monoisotopic (exact) mass is 348 g/mol. The highest BCUT2D eigenvalue weighted by atomic mass is 32.1. The maximum atomic E-state index is 12.2. The molecule has 0 aliphatic carbocycles. The molecule has 0 saturated heterocycles. The third kappa shape index (κ3) is 5.27. The van der Waals surface area contributed by atoms with E-state index in [4.69, 9.17) is 17.0 Å². The number of nitrogens with zero attached hydrogens (tertiary/aromatic N) is 4.